The molecule has 4 heteroatoms. The first-order valence-electron chi connectivity index (χ1n) is 4.87. The van der Waals surface area contributed by atoms with Crippen molar-refractivity contribution >= 4 is 17.3 Å². The van der Waals surface area contributed by atoms with Gasteiger partial charge in [0.15, 0.2) is 0 Å². The molecule has 3 nitrogen and oxygen atoms in total. The SMILES string of the molecule is COCCN(C)c1ccc(CN)c(Cl)c1. The predicted octanol–water partition coefficient (Wildman–Crippen LogP) is 1.88. The van der Waals surface area contributed by atoms with Crippen LogP contribution in [0.2, 0.25) is 5.02 Å². The topological polar surface area (TPSA) is 38.5 Å². The van der Waals surface area contributed by atoms with Crippen molar-refractivity contribution in [3.05, 3.63) is 28.8 Å². The fourth-order valence-electron chi connectivity index (χ4n) is 1.30. The van der Waals surface area contributed by atoms with Gasteiger partial charge in [-0.25, -0.2) is 0 Å². The maximum absolute atomic E-state index is 6.07. The van der Waals surface area contributed by atoms with E-state index in [1.165, 1.54) is 0 Å². The Morgan fingerprint density at radius 2 is 2.20 bits per heavy atom. The summed E-state index contributed by atoms with van der Waals surface area (Å²) in [4.78, 5) is 2.09. The van der Waals surface area contributed by atoms with Crippen molar-refractivity contribution < 1.29 is 4.74 Å². The Morgan fingerprint density at radius 3 is 2.73 bits per heavy atom. The predicted molar refractivity (Wildman–Crippen MR) is 64.5 cm³/mol. The standard InChI is InChI=1S/C11H17ClN2O/c1-14(5-6-15-2)10-4-3-9(8-13)11(12)7-10/h3-4,7H,5-6,8,13H2,1-2H3. The molecule has 0 heterocycles. The first-order valence-corrected chi connectivity index (χ1v) is 5.25. The molecule has 0 saturated carbocycles. The summed E-state index contributed by atoms with van der Waals surface area (Å²) in [5.74, 6) is 0. The summed E-state index contributed by atoms with van der Waals surface area (Å²) in [5, 5.41) is 0.722. The molecule has 2 N–H and O–H groups in total. The van der Waals surface area contributed by atoms with Crippen molar-refractivity contribution in [2.45, 2.75) is 6.54 Å². The van der Waals surface area contributed by atoms with Gasteiger partial charge in [0.05, 0.1) is 6.61 Å². The number of nitrogens with zero attached hydrogens (tertiary/aromatic N) is 1. The van der Waals surface area contributed by atoms with Crippen LogP contribution in [0.5, 0.6) is 0 Å². The lowest BCUT2D eigenvalue weighted by Gasteiger charge is -2.19. The number of ether oxygens (including phenoxy) is 1. The molecular weight excluding hydrogens is 212 g/mol. The van der Waals surface area contributed by atoms with Gasteiger partial charge in [0.2, 0.25) is 0 Å². The van der Waals surface area contributed by atoms with Crippen LogP contribution < -0.4 is 10.6 Å². The molecule has 0 fully saturated rings. The van der Waals surface area contributed by atoms with E-state index in [1.54, 1.807) is 7.11 Å². The number of hydrogen-bond donors (Lipinski definition) is 1. The minimum Gasteiger partial charge on any atom is -0.383 e. The van der Waals surface area contributed by atoms with Crippen LogP contribution in [-0.4, -0.2) is 27.3 Å². The largest absolute Gasteiger partial charge is 0.383 e. The highest BCUT2D eigenvalue weighted by atomic mass is 35.5. The van der Waals surface area contributed by atoms with Gasteiger partial charge in [-0.1, -0.05) is 17.7 Å². The van der Waals surface area contributed by atoms with Gasteiger partial charge in [-0.3, -0.25) is 0 Å². The monoisotopic (exact) mass is 228 g/mol. The van der Waals surface area contributed by atoms with Crippen molar-refractivity contribution in [1.82, 2.24) is 0 Å². The summed E-state index contributed by atoms with van der Waals surface area (Å²) in [5.41, 5.74) is 7.59. The molecular formula is C11H17ClN2O. The van der Waals surface area contributed by atoms with Crippen molar-refractivity contribution in [1.29, 1.82) is 0 Å². The summed E-state index contributed by atoms with van der Waals surface area (Å²) in [6.45, 7) is 2.02. The third-order valence-electron chi connectivity index (χ3n) is 2.33. The van der Waals surface area contributed by atoms with Gasteiger partial charge in [0, 0.05) is 38.0 Å². The van der Waals surface area contributed by atoms with E-state index >= 15 is 0 Å². The second kappa shape index (κ2) is 5.95. The van der Waals surface area contributed by atoms with Crippen LogP contribution in [0.4, 0.5) is 5.69 Å². The fourth-order valence-corrected chi connectivity index (χ4v) is 1.55. The molecule has 0 aliphatic heterocycles. The summed E-state index contributed by atoms with van der Waals surface area (Å²) < 4.78 is 5.01. The molecule has 1 rings (SSSR count). The summed E-state index contributed by atoms with van der Waals surface area (Å²) in [7, 11) is 3.70. The molecule has 1 aromatic carbocycles. The summed E-state index contributed by atoms with van der Waals surface area (Å²) in [6.07, 6.45) is 0. The summed E-state index contributed by atoms with van der Waals surface area (Å²) in [6, 6.07) is 5.91. The van der Waals surface area contributed by atoms with Crippen LogP contribution >= 0.6 is 11.6 Å². The Morgan fingerprint density at radius 1 is 1.47 bits per heavy atom. The van der Waals surface area contributed by atoms with Crippen LogP contribution in [0.3, 0.4) is 0 Å². The maximum atomic E-state index is 6.07. The van der Waals surface area contributed by atoms with E-state index in [-0.39, 0.29) is 0 Å². The van der Waals surface area contributed by atoms with Crippen molar-refractivity contribution in [3.8, 4) is 0 Å². The van der Waals surface area contributed by atoms with E-state index in [0.717, 1.165) is 22.8 Å². The van der Waals surface area contributed by atoms with Crippen molar-refractivity contribution in [3.63, 3.8) is 0 Å². The quantitative estimate of drug-likeness (QED) is 0.837. The first-order chi connectivity index (χ1) is 7.19. The van der Waals surface area contributed by atoms with Crippen LogP contribution in [-0.2, 0) is 11.3 Å². The fraction of sp³-hybridized carbons (Fsp3) is 0.455. The Bertz CT molecular complexity index is 317. The van der Waals surface area contributed by atoms with Gasteiger partial charge in [0.25, 0.3) is 0 Å². The molecule has 15 heavy (non-hydrogen) atoms. The highest BCUT2D eigenvalue weighted by Crippen LogP contribution is 2.22. The lowest BCUT2D eigenvalue weighted by atomic mass is 10.2. The van der Waals surface area contributed by atoms with Crippen LogP contribution in [0, 0.1) is 0 Å². The van der Waals surface area contributed by atoms with Crippen molar-refractivity contribution in [2.75, 3.05) is 32.2 Å². The Hall–Kier alpha value is -0.770. The number of anilines is 1. The average molecular weight is 229 g/mol. The number of halogens is 1. The number of nitrogens with two attached hydrogens (primary N) is 1. The van der Waals surface area contributed by atoms with Crippen LogP contribution in [0.25, 0.3) is 0 Å². The first kappa shape index (κ1) is 12.3. The van der Waals surface area contributed by atoms with Gasteiger partial charge in [-0.2, -0.15) is 0 Å². The zero-order valence-electron chi connectivity index (χ0n) is 9.16. The second-order valence-electron chi connectivity index (χ2n) is 3.39. The van der Waals surface area contributed by atoms with E-state index < -0.39 is 0 Å². The molecule has 0 saturated heterocycles. The van der Waals surface area contributed by atoms with Crippen molar-refractivity contribution in [2.24, 2.45) is 5.73 Å². The number of rotatable bonds is 5. The highest BCUT2D eigenvalue weighted by Gasteiger charge is 2.04. The van der Waals surface area contributed by atoms with Gasteiger partial charge < -0.3 is 15.4 Å². The van der Waals surface area contributed by atoms with E-state index in [1.807, 2.05) is 25.2 Å². The molecule has 0 aliphatic rings. The summed E-state index contributed by atoms with van der Waals surface area (Å²) >= 11 is 6.07. The number of hydrogen-bond acceptors (Lipinski definition) is 3. The zero-order chi connectivity index (χ0) is 11.3. The highest BCUT2D eigenvalue weighted by molar-refractivity contribution is 6.31. The van der Waals surface area contributed by atoms with Gasteiger partial charge in [-0.05, 0) is 17.7 Å². The van der Waals surface area contributed by atoms with Crippen LogP contribution in [0.1, 0.15) is 5.56 Å². The molecule has 0 unspecified atom stereocenters. The maximum Gasteiger partial charge on any atom is 0.0637 e. The van der Waals surface area contributed by atoms with E-state index in [0.29, 0.717) is 13.2 Å². The molecule has 84 valence electrons. The number of benzene rings is 1. The van der Waals surface area contributed by atoms with E-state index in [2.05, 4.69) is 4.90 Å². The third-order valence-corrected chi connectivity index (χ3v) is 2.68. The molecule has 0 spiro atoms. The Kier molecular flexibility index (Phi) is 4.88. The number of methoxy groups -OCH3 is 1. The Labute approximate surface area is 95.8 Å². The lowest BCUT2D eigenvalue weighted by molar-refractivity contribution is 0.206. The zero-order valence-corrected chi connectivity index (χ0v) is 9.92. The molecule has 0 aromatic heterocycles. The number of likely N-dealkylation sites (N-methyl/N-ethyl adjacent to an activating group) is 1. The second-order valence-corrected chi connectivity index (χ2v) is 3.80. The lowest BCUT2D eigenvalue weighted by Crippen LogP contribution is -2.22. The molecule has 0 amide bonds. The van der Waals surface area contributed by atoms with Gasteiger partial charge in [-0.15, -0.1) is 0 Å². The average Bonchev–Trinajstić information content (AvgIpc) is 2.25. The Balaban J connectivity index is 2.73. The van der Waals surface area contributed by atoms with E-state index in [9.17, 15) is 0 Å². The van der Waals surface area contributed by atoms with Crippen LogP contribution in [0.15, 0.2) is 18.2 Å². The molecule has 0 radical (unpaired) electrons. The molecule has 1 aromatic rings. The smallest absolute Gasteiger partial charge is 0.0637 e. The molecule has 0 bridgehead atoms. The third kappa shape index (κ3) is 3.38. The minimum absolute atomic E-state index is 0.473. The molecule has 0 aliphatic carbocycles. The normalized spacial score (nSPS) is 10.4. The van der Waals surface area contributed by atoms with E-state index in [4.69, 9.17) is 22.1 Å². The minimum atomic E-state index is 0.473. The van der Waals surface area contributed by atoms with Gasteiger partial charge in [0.1, 0.15) is 0 Å². The molecule has 0 atom stereocenters. The van der Waals surface area contributed by atoms with Gasteiger partial charge >= 0.3 is 0 Å².